The fourth-order valence-corrected chi connectivity index (χ4v) is 2.32. The summed E-state index contributed by atoms with van der Waals surface area (Å²) >= 11 is 0. The number of hydrogen-bond acceptors (Lipinski definition) is 2. The lowest BCUT2D eigenvalue weighted by Gasteiger charge is -2.29. The fourth-order valence-electron chi connectivity index (χ4n) is 2.32. The van der Waals surface area contributed by atoms with Crippen LogP contribution in [0.3, 0.4) is 0 Å². The molecule has 2 nitrogen and oxygen atoms in total. The summed E-state index contributed by atoms with van der Waals surface area (Å²) < 4.78 is 0. The molecule has 0 unspecified atom stereocenters. The molecule has 1 aliphatic carbocycles. The van der Waals surface area contributed by atoms with E-state index in [0.717, 1.165) is 12.5 Å². The monoisotopic (exact) mass is 260 g/mol. The van der Waals surface area contributed by atoms with Crippen molar-refractivity contribution in [1.29, 1.82) is 0 Å². The average molecular weight is 260 g/mol. The third-order valence-corrected chi connectivity index (χ3v) is 3.76. The van der Waals surface area contributed by atoms with Crippen LogP contribution in [0.2, 0.25) is 0 Å². The highest BCUT2D eigenvalue weighted by molar-refractivity contribution is 5.48. The van der Waals surface area contributed by atoms with E-state index in [1.54, 1.807) is 0 Å². The Labute approximate surface area is 118 Å². The van der Waals surface area contributed by atoms with Gasteiger partial charge in [-0.3, -0.25) is 0 Å². The third-order valence-electron chi connectivity index (χ3n) is 3.76. The maximum atomic E-state index is 3.46. The Morgan fingerprint density at radius 2 is 1.74 bits per heavy atom. The van der Waals surface area contributed by atoms with E-state index in [4.69, 9.17) is 0 Å². The van der Waals surface area contributed by atoms with Crippen LogP contribution in [0.4, 0.5) is 5.69 Å². The summed E-state index contributed by atoms with van der Waals surface area (Å²) in [5, 5.41) is 3.46. The predicted octanol–water partition coefficient (Wildman–Crippen LogP) is 3.81. The van der Waals surface area contributed by atoms with E-state index in [2.05, 4.69) is 62.2 Å². The van der Waals surface area contributed by atoms with Crippen LogP contribution >= 0.6 is 0 Å². The molecule has 1 saturated carbocycles. The smallest absolute Gasteiger partial charge is 0.0368 e. The van der Waals surface area contributed by atoms with Crippen molar-refractivity contribution in [2.75, 3.05) is 11.4 Å². The zero-order valence-corrected chi connectivity index (χ0v) is 12.8. The Kier molecular flexibility index (Phi) is 4.87. The van der Waals surface area contributed by atoms with Gasteiger partial charge < -0.3 is 10.2 Å². The molecule has 0 saturated heterocycles. The fraction of sp³-hybridized carbons (Fsp3) is 0.647. The van der Waals surface area contributed by atoms with Crippen molar-refractivity contribution in [2.24, 2.45) is 5.92 Å². The summed E-state index contributed by atoms with van der Waals surface area (Å²) in [6.07, 6.45) is 2.83. The summed E-state index contributed by atoms with van der Waals surface area (Å²) in [5.41, 5.74) is 2.74. The van der Waals surface area contributed by atoms with E-state index in [1.807, 2.05) is 0 Å². The van der Waals surface area contributed by atoms with Crippen molar-refractivity contribution in [3.8, 4) is 0 Å². The Hall–Kier alpha value is -1.02. The molecule has 1 aromatic rings. The van der Waals surface area contributed by atoms with Crippen LogP contribution in [-0.2, 0) is 6.54 Å². The lowest BCUT2D eigenvalue weighted by molar-refractivity contribution is 0.588. The molecule has 0 spiro atoms. The summed E-state index contributed by atoms with van der Waals surface area (Å²) in [6, 6.07) is 10.2. The summed E-state index contributed by atoms with van der Waals surface area (Å²) in [6.45, 7) is 11.1. The number of anilines is 1. The lowest BCUT2D eigenvalue weighted by atomic mass is 10.1. The quantitative estimate of drug-likeness (QED) is 0.802. The van der Waals surface area contributed by atoms with Crippen LogP contribution in [0.25, 0.3) is 0 Å². The van der Waals surface area contributed by atoms with Crippen LogP contribution in [0.5, 0.6) is 0 Å². The zero-order valence-electron chi connectivity index (χ0n) is 12.8. The van der Waals surface area contributed by atoms with E-state index in [-0.39, 0.29) is 0 Å². The maximum Gasteiger partial charge on any atom is 0.0368 e. The minimum absolute atomic E-state index is 0.543. The molecule has 0 aromatic heterocycles. The first kappa shape index (κ1) is 14.4. The predicted molar refractivity (Wildman–Crippen MR) is 83.6 cm³/mol. The number of benzene rings is 1. The highest BCUT2D eigenvalue weighted by atomic mass is 15.2. The van der Waals surface area contributed by atoms with Gasteiger partial charge in [0.05, 0.1) is 0 Å². The third kappa shape index (κ3) is 4.54. The highest BCUT2D eigenvalue weighted by Crippen LogP contribution is 2.32. The molecule has 0 bridgehead atoms. The van der Waals surface area contributed by atoms with Gasteiger partial charge in [-0.15, -0.1) is 0 Å². The number of rotatable bonds is 7. The average Bonchev–Trinajstić information content (AvgIpc) is 3.18. The van der Waals surface area contributed by atoms with Gasteiger partial charge in [0.15, 0.2) is 0 Å². The Balaban J connectivity index is 1.98. The van der Waals surface area contributed by atoms with Crippen molar-refractivity contribution in [3.63, 3.8) is 0 Å². The van der Waals surface area contributed by atoms with Gasteiger partial charge in [0, 0.05) is 30.9 Å². The SMILES string of the molecule is CC(C)NCc1ccc(N(CC2CC2)C(C)C)cc1. The van der Waals surface area contributed by atoms with E-state index in [1.165, 1.54) is 30.6 Å². The first-order chi connectivity index (χ1) is 9.06. The van der Waals surface area contributed by atoms with Gasteiger partial charge in [-0.05, 0) is 50.3 Å². The van der Waals surface area contributed by atoms with E-state index in [0.29, 0.717) is 12.1 Å². The topological polar surface area (TPSA) is 15.3 Å². The molecule has 0 aliphatic heterocycles. The van der Waals surface area contributed by atoms with Crippen molar-refractivity contribution < 1.29 is 0 Å². The molecular weight excluding hydrogens is 232 g/mol. The van der Waals surface area contributed by atoms with Crippen molar-refractivity contribution in [3.05, 3.63) is 29.8 Å². The molecule has 2 rings (SSSR count). The first-order valence-corrected chi connectivity index (χ1v) is 7.65. The summed E-state index contributed by atoms with van der Waals surface area (Å²) in [7, 11) is 0. The molecule has 1 N–H and O–H groups in total. The molecule has 0 amide bonds. The van der Waals surface area contributed by atoms with Crippen LogP contribution in [0.15, 0.2) is 24.3 Å². The number of hydrogen-bond donors (Lipinski definition) is 1. The van der Waals surface area contributed by atoms with Crippen LogP contribution in [0, 0.1) is 5.92 Å². The van der Waals surface area contributed by atoms with Crippen molar-refractivity contribution in [1.82, 2.24) is 5.32 Å². The van der Waals surface area contributed by atoms with Gasteiger partial charge in [-0.2, -0.15) is 0 Å². The summed E-state index contributed by atoms with van der Waals surface area (Å²) in [5.74, 6) is 0.935. The largest absolute Gasteiger partial charge is 0.369 e. The minimum atomic E-state index is 0.543. The molecule has 0 radical (unpaired) electrons. The second kappa shape index (κ2) is 6.42. The Morgan fingerprint density at radius 3 is 2.21 bits per heavy atom. The minimum Gasteiger partial charge on any atom is -0.369 e. The molecular formula is C17H28N2. The highest BCUT2D eigenvalue weighted by Gasteiger charge is 2.25. The molecule has 19 heavy (non-hydrogen) atoms. The van der Waals surface area contributed by atoms with Crippen LogP contribution in [-0.4, -0.2) is 18.6 Å². The second-order valence-corrected chi connectivity index (χ2v) is 6.39. The number of nitrogens with one attached hydrogen (secondary N) is 1. The van der Waals surface area contributed by atoms with Crippen molar-refractivity contribution in [2.45, 2.75) is 59.2 Å². The van der Waals surface area contributed by atoms with Crippen molar-refractivity contribution >= 4 is 5.69 Å². The Bertz CT molecular complexity index is 377. The Morgan fingerprint density at radius 1 is 1.11 bits per heavy atom. The maximum absolute atomic E-state index is 3.46. The van der Waals surface area contributed by atoms with Crippen LogP contribution in [0.1, 0.15) is 46.1 Å². The molecule has 106 valence electrons. The number of nitrogens with zero attached hydrogens (tertiary/aromatic N) is 1. The molecule has 0 heterocycles. The molecule has 2 heteroatoms. The molecule has 1 aromatic carbocycles. The summed E-state index contributed by atoms with van der Waals surface area (Å²) in [4.78, 5) is 2.54. The van der Waals surface area contributed by atoms with Gasteiger partial charge in [0.1, 0.15) is 0 Å². The molecule has 1 fully saturated rings. The van der Waals surface area contributed by atoms with E-state index < -0.39 is 0 Å². The second-order valence-electron chi connectivity index (χ2n) is 6.39. The van der Waals surface area contributed by atoms with Gasteiger partial charge in [0.2, 0.25) is 0 Å². The van der Waals surface area contributed by atoms with Gasteiger partial charge >= 0.3 is 0 Å². The zero-order chi connectivity index (χ0) is 13.8. The molecule has 1 aliphatic rings. The molecule has 0 atom stereocenters. The normalized spacial score (nSPS) is 15.3. The first-order valence-electron chi connectivity index (χ1n) is 7.65. The van der Waals surface area contributed by atoms with Crippen LogP contribution < -0.4 is 10.2 Å². The van der Waals surface area contributed by atoms with E-state index >= 15 is 0 Å². The van der Waals surface area contributed by atoms with E-state index in [9.17, 15) is 0 Å². The van der Waals surface area contributed by atoms with Gasteiger partial charge in [-0.25, -0.2) is 0 Å². The van der Waals surface area contributed by atoms with Gasteiger partial charge in [-0.1, -0.05) is 26.0 Å². The lowest BCUT2D eigenvalue weighted by Crippen LogP contribution is -2.32. The van der Waals surface area contributed by atoms with Gasteiger partial charge in [0.25, 0.3) is 0 Å². The standard InChI is InChI=1S/C17H28N2/c1-13(2)18-11-15-7-9-17(10-8-15)19(14(3)4)12-16-5-6-16/h7-10,13-14,16,18H,5-6,11-12H2,1-4H3.